The molecule has 0 radical (unpaired) electrons. The van der Waals surface area contributed by atoms with Crippen molar-refractivity contribution in [3.63, 3.8) is 0 Å². The molecule has 134 valence electrons. The number of likely N-dealkylation sites (tertiary alicyclic amines) is 1. The van der Waals surface area contributed by atoms with Crippen LogP contribution in [0.2, 0.25) is 0 Å². The molecule has 0 unspecified atom stereocenters. The van der Waals surface area contributed by atoms with Crippen LogP contribution in [0.25, 0.3) is 11.0 Å². The van der Waals surface area contributed by atoms with Crippen LogP contribution < -0.4 is 10.4 Å². The molecule has 1 aliphatic rings. The Morgan fingerprint density at radius 3 is 2.88 bits per heavy atom. The predicted octanol–water partition coefficient (Wildman–Crippen LogP) is 4.37. The van der Waals surface area contributed by atoms with Gasteiger partial charge >= 0.3 is 5.63 Å². The smallest absolute Gasteiger partial charge is 0.336 e. The molecule has 2 aromatic rings. The number of benzene rings is 1. The van der Waals surface area contributed by atoms with E-state index >= 15 is 0 Å². The Hall–Kier alpha value is -1.53. The molecule has 1 aliphatic heterocycles. The Balaban J connectivity index is 1.45. The molecule has 0 saturated carbocycles. The van der Waals surface area contributed by atoms with Crippen LogP contribution in [-0.4, -0.2) is 34.7 Å². The summed E-state index contributed by atoms with van der Waals surface area (Å²) in [6.45, 7) is 4.73. The highest BCUT2D eigenvalue weighted by atomic mass is 32.2. The summed E-state index contributed by atoms with van der Waals surface area (Å²) in [5.41, 5.74) is 1.16. The minimum absolute atomic E-state index is 0.329. The van der Waals surface area contributed by atoms with Crippen LogP contribution in [0.3, 0.4) is 0 Å². The molecule has 2 heterocycles. The number of rotatable bonds is 5. The van der Waals surface area contributed by atoms with Gasteiger partial charge in [-0.2, -0.15) is 0 Å². The normalized spacial score (nSPS) is 14.7. The topological polar surface area (TPSA) is 42.7 Å². The lowest BCUT2D eigenvalue weighted by molar-refractivity contribution is 0.318. The van der Waals surface area contributed by atoms with Gasteiger partial charge in [-0.3, -0.25) is 0 Å². The van der Waals surface area contributed by atoms with Crippen molar-refractivity contribution in [2.45, 2.75) is 32.6 Å². The Bertz CT molecular complexity index is 797. The van der Waals surface area contributed by atoms with E-state index in [0.717, 1.165) is 46.3 Å². The van der Waals surface area contributed by atoms with Gasteiger partial charge in [-0.05, 0) is 50.3 Å². The molecule has 3 rings (SSSR count). The van der Waals surface area contributed by atoms with Gasteiger partial charge in [0.05, 0.1) is 6.61 Å². The second-order valence-electron chi connectivity index (χ2n) is 6.27. The summed E-state index contributed by atoms with van der Waals surface area (Å²) in [5.74, 6) is 1.68. The van der Waals surface area contributed by atoms with Gasteiger partial charge in [-0.15, -0.1) is 0 Å². The Kier molecular flexibility index (Phi) is 6.37. The first-order valence-electron chi connectivity index (χ1n) is 8.72. The van der Waals surface area contributed by atoms with Gasteiger partial charge in [0.25, 0.3) is 0 Å². The fourth-order valence-corrected chi connectivity index (χ4v) is 4.21. The van der Waals surface area contributed by atoms with Crippen LogP contribution in [-0.2, 0) is 0 Å². The first-order chi connectivity index (χ1) is 12.1. The maximum absolute atomic E-state index is 11.5. The molecule has 1 aromatic carbocycles. The Morgan fingerprint density at radius 2 is 2.08 bits per heavy atom. The molecular formula is C19H23NO3S2. The minimum Gasteiger partial charge on any atom is -0.493 e. The number of nitrogens with zero attached hydrogens (tertiary/aromatic N) is 1. The average Bonchev–Trinajstić information content (AvgIpc) is 2.61. The Morgan fingerprint density at radius 1 is 1.28 bits per heavy atom. The first kappa shape index (κ1) is 18.3. The largest absolute Gasteiger partial charge is 0.493 e. The maximum Gasteiger partial charge on any atom is 0.336 e. The summed E-state index contributed by atoms with van der Waals surface area (Å²) in [5, 5.41) is 0.939. The maximum atomic E-state index is 11.5. The summed E-state index contributed by atoms with van der Waals surface area (Å²) in [6, 6.07) is 7.14. The molecule has 1 saturated heterocycles. The van der Waals surface area contributed by atoms with Gasteiger partial charge in [-0.1, -0.05) is 24.0 Å². The minimum atomic E-state index is -0.329. The van der Waals surface area contributed by atoms with Gasteiger partial charge in [0, 0.05) is 36.4 Å². The van der Waals surface area contributed by atoms with E-state index in [1.165, 1.54) is 25.3 Å². The summed E-state index contributed by atoms with van der Waals surface area (Å²) in [7, 11) is 0. The molecule has 1 aromatic heterocycles. The van der Waals surface area contributed by atoms with Crippen LogP contribution in [0.4, 0.5) is 0 Å². The molecule has 0 bridgehead atoms. The van der Waals surface area contributed by atoms with Crippen molar-refractivity contribution in [3.8, 4) is 5.75 Å². The predicted molar refractivity (Wildman–Crippen MR) is 108 cm³/mol. The van der Waals surface area contributed by atoms with Crippen LogP contribution in [0, 0.1) is 6.92 Å². The van der Waals surface area contributed by atoms with Crippen LogP contribution in [0.5, 0.6) is 5.75 Å². The van der Waals surface area contributed by atoms with Gasteiger partial charge in [0.2, 0.25) is 0 Å². The number of ether oxygens (including phenoxy) is 1. The number of thiocarbonyl (C=S) groups is 1. The molecule has 0 spiro atoms. The van der Waals surface area contributed by atoms with E-state index in [2.05, 4.69) is 4.90 Å². The highest BCUT2D eigenvalue weighted by Gasteiger charge is 2.13. The van der Waals surface area contributed by atoms with Crippen LogP contribution in [0.1, 0.15) is 31.2 Å². The monoisotopic (exact) mass is 377 g/mol. The van der Waals surface area contributed by atoms with Gasteiger partial charge in [0.1, 0.15) is 15.7 Å². The molecule has 0 atom stereocenters. The number of aryl methyl sites for hydroxylation is 1. The molecular weight excluding hydrogens is 354 g/mol. The third-order valence-corrected chi connectivity index (χ3v) is 5.93. The molecule has 4 nitrogen and oxygen atoms in total. The van der Waals surface area contributed by atoms with Crippen molar-refractivity contribution in [2.24, 2.45) is 0 Å². The number of hydrogen-bond donors (Lipinski definition) is 0. The zero-order chi connectivity index (χ0) is 17.6. The van der Waals surface area contributed by atoms with E-state index in [0.29, 0.717) is 12.2 Å². The Labute approximate surface area is 157 Å². The lowest BCUT2D eigenvalue weighted by Gasteiger charge is -2.28. The van der Waals surface area contributed by atoms with Crippen LogP contribution in [0.15, 0.2) is 33.5 Å². The molecule has 0 amide bonds. The fraction of sp³-hybridized carbons (Fsp3) is 0.474. The van der Waals surface area contributed by atoms with E-state index < -0.39 is 0 Å². The number of thioether (sulfide) groups is 1. The van der Waals surface area contributed by atoms with Crippen molar-refractivity contribution >= 4 is 39.3 Å². The summed E-state index contributed by atoms with van der Waals surface area (Å²) >= 11 is 7.24. The quantitative estimate of drug-likeness (QED) is 0.438. The second-order valence-corrected chi connectivity index (χ2v) is 8.00. The molecule has 1 fully saturated rings. The number of hydrogen-bond acceptors (Lipinski definition) is 5. The fourth-order valence-electron chi connectivity index (χ4n) is 2.97. The van der Waals surface area contributed by atoms with Crippen molar-refractivity contribution < 1.29 is 9.15 Å². The zero-order valence-electron chi connectivity index (χ0n) is 14.5. The third-order valence-electron chi connectivity index (χ3n) is 4.32. The lowest BCUT2D eigenvalue weighted by atomic mass is 10.1. The van der Waals surface area contributed by atoms with Crippen molar-refractivity contribution in [1.82, 2.24) is 4.90 Å². The zero-order valence-corrected chi connectivity index (χ0v) is 16.1. The van der Waals surface area contributed by atoms with Gasteiger partial charge in [-0.25, -0.2) is 4.79 Å². The summed E-state index contributed by atoms with van der Waals surface area (Å²) in [4.78, 5) is 13.8. The number of piperidine rings is 1. The van der Waals surface area contributed by atoms with Crippen molar-refractivity contribution in [1.29, 1.82) is 0 Å². The highest BCUT2D eigenvalue weighted by Crippen LogP contribution is 2.22. The first-order valence-corrected chi connectivity index (χ1v) is 10.1. The van der Waals surface area contributed by atoms with E-state index in [1.807, 2.05) is 19.1 Å². The summed E-state index contributed by atoms with van der Waals surface area (Å²) < 4.78 is 12.1. The van der Waals surface area contributed by atoms with Gasteiger partial charge in [0.15, 0.2) is 0 Å². The number of fused-ring (bicyclic) bond motifs is 1. The molecule has 25 heavy (non-hydrogen) atoms. The van der Waals surface area contributed by atoms with Gasteiger partial charge < -0.3 is 14.1 Å². The standard InChI is InChI=1S/C19H23NO3S2/c1-14-12-18(21)23-17-13-15(6-7-16(14)17)22-10-5-11-25-19(24)20-8-3-2-4-9-20/h6-7,12-13H,2-5,8-11H2,1H3. The molecule has 6 heteroatoms. The van der Waals surface area contributed by atoms with E-state index in [9.17, 15) is 4.79 Å². The van der Waals surface area contributed by atoms with Crippen molar-refractivity contribution in [3.05, 3.63) is 40.2 Å². The van der Waals surface area contributed by atoms with E-state index in [4.69, 9.17) is 21.4 Å². The second kappa shape index (κ2) is 8.72. The molecule has 0 N–H and O–H groups in total. The van der Waals surface area contributed by atoms with Crippen molar-refractivity contribution in [2.75, 3.05) is 25.4 Å². The summed E-state index contributed by atoms with van der Waals surface area (Å²) in [6.07, 6.45) is 4.75. The highest BCUT2D eigenvalue weighted by molar-refractivity contribution is 8.22. The van der Waals surface area contributed by atoms with E-state index in [1.54, 1.807) is 17.8 Å². The molecule has 0 aliphatic carbocycles. The average molecular weight is 378 g/mol. The van der Waals surface area contributed by atoms with E-state index in [-0.39, 0.29) is 5.63 Å². The lowest BCUT2D eigenvalue weighted by Crippen LogP contribution is -2.32. The third kappa shape index (κ3) is 4.98. The van der Waals surface area contributed by atoms with Crippen LogP contribution >= 0.6 is 24.0 Å². The SMILES string of the molecule is Cc1cc(=O)oc2cc(OCCCSC(=S)N3CCCCC3)ccc12.